The summed E-state index contributed by atoms with van der Waals surface area (Å²) >= 11 is 0. The number of aryl methyl sites for hydroxylation is 1. The molecule has 0 spiro atoms. The van der Waals surface area contributed by atoms with Crippen molar-refractivity contribution in [3.05, 3.63) is 57.9 Å². The van der Waals surface area contributed by atoms with Crippen LogP contribution in [0.3, 0.4) is 0 Å². The summed E-state index contributed by atoms with van der Waals surface area (Å²) in [5, 5.41) is 0. The van der Waals surface area contributed by atoms with Gasteiger partial charge in [-0.1, -0.05) is 18.2 Å². The van der Waals surface area contributed by atoms with Crippen LogP contribution in [0.25, 0.3) is 11.3 Å². The maximum atomic E-state index is 11.2. The van der Waals surface area contributed by atoms with E-state index in [1.165, 1.54) is 17.2 Å². The fourth-order valence-electron chi connectivity index (χ4n) is 1.64. The minimum Gasteiger partial charge on any atom is -0.361 e. The average molecular weight is 199 g/mol. The number of hydrogen-bond donors (Lipinski definition) is 1. The van der Waals surface area contributed by atoms with Crippen LogP contribution >= 0.6 is 0 Å². The fourth-order valence-corrected chi connectivity index (χ4v) is 1.64. The van der Waals surface area contributed by atoms with E-state index in [2.05, 4.69) is 24.9 Å². The second-order valence-electron chi connectivity index (χ2n) is 3.69. The number of H-pyrrole nitrogens is 1. The molecule has 0 aliphatic heterocycles. The lowest BCUT2D eigenvalue weighted by molar-refractivity contribution is 1.26. The third-order valence-corrected chi connectivity index (χ3v) is 2.67. The Morgan fingerprint density at radius 3 is 2.67 bits per heavy atom. The Kier molecular flexibility index (Phi) is 2.42. The van der Waals surface area contributed by atoms with Gasteiger partial charge in [-0.3, -0.25) is 4.79 Å². The number of rotatable bonds is 1. The van der Waals surface area contributed by atoms with E-state index < -0.39 is 0 Å². The normalized spacial score (nSPS) is 10.3. The van der Waals surface area contributed by atoms with Crippen LogP contribution in [0.5, 0.6) is 0 Å². The zero-order valence-corrected chi connectivity index (χ0v) is 8.87. The molecule has 2 aromatic rings. The van der Waals surface area contributed by atoms with Crippen molar-refractivity contribution in [2.24, 2.45) is 0 Å². The lowest BCUT2D eigenvalue weighted by atomic mass is 10.0. The Morgan fingerprint density at radius 2 is 1.93 bits per heavy atom. The first-order chi connectivity index (χ1) is 7.18. The molecule has 2 nitrogen and oxygen atoms in total. The van der Waals surface area contributed by atoms with Gasteiger partial charge in [0.25, 0.3) is 0 Å². The number of nitrogens with one attached hydrogen (secondary N) is 1. The molecule has 76 valence electrons. The number of aromatic amines is 1. The highest BCUT2D eigenvalue weighted by molar-refractivity contribution is 5.64. The predicted molar refractivity (Wildman–Crippen MR) is 62.0 cm³/mol. The highest BCUT2D eigenvalue weighted by Crippen LogP contribution is 2.22. The standard InChI is InChI=1S/C13H13NO/c1-9-4-3-5-12(10(9)2)13-8-11(15)6-7-14-13/h3-8H,1-2H3,(H,14,15). The summed E-state index contributed by atoms with van der Waals surface area (Å²) < 4.78 is 0. The Bertz CT molecular complexity index is 540. The van der Waals surface area contributed by atoms with E-state index in [9.17, 15) is 4.79 Å². The second kappa shape index (κ2) is 3.73. The summed E-state index contributed by atoms with van der Waals surface area (Å²) in [5.41, 5.74) is 4.44. The minimum absolute atomic E-state index is 0.0321. The molecule has 0 unspecified atom stereocenters. The van der Waals surface area contributed by atoms with Crippen LogP contribution in [-0.2, 0) is 0 Å². The predicted octanol–water partition coefficient (Wildman–Crippen LogP) is 2.66. The molecule has 0 saturated heterocycles. The van der Waals surface area contributed by atoms with Gasteiger partial charge in [-0.05, 0) is 25.0 Å². The SMILES string of the molecule is Cc1cccc(-c2cc(=O)cc[nH]2)c1C. The minimum atomic E-state index is 0.0321. The fraction of sp³-hybridized carbons (Fsp3) is 0.154. The molecule has 0 aliphatic carbocycles. The largest absolute Gasteiger partial charge is 0.361 e. The van der Waals surface area contributed by atoms with Crippen LogP contribution in [0.1, 0.15) is 11.1 Å². The quantitative estimate of drug-likeness (QED) is 0.752. The van der Waals surface area contributed by atoms with Crippen molar-refractivity contribution in [3.63, 3.8) is 0 Å². The van der Waals surface area contributed by atoms with Crippen molar-refractivity contribution < 1.29 is 0 Å². The lowest BCUT2D eigenvalue weighted by Crippen LogP contribution is -1.99. The van der Waals surface area contributed by atoms with Gasteiger partial charge in [0.1, 0.15) is 0 Å². The molecular weight excluding hydrogens is 186 g/mol. The van der Waals surface area contributed by atoms with E-state index in [0.29, 0.717) is 0 Å². The summed E-state index contributed by atoms with van der Waals surface area (Å²) in [5.74, 6) is 0. The van der Waals surface area contributed by atoms with Gasteiger partial charge in [-0.25, -0.2) is 0 Å². The van der Waals surface area contributed by atoms with Crippen LogP contribution in [0, 0.1) is 13.8 Å². The molecule has 2 rings (SSSR count). The molecular formula is C13H13NO. The zero-order valence-electron chi connectivity index (χ0n) is 8.87. The number of hydrogen-bond acceptors (Lipinski definition) is 1. The van der Waals surface area contributed by atoms with E-state index in [-0.39, 0.29) is 5.43 Å². The number of aromatic nitrogens is 1. The van der Waals surface area contributed by atoms with E-state index >= 15 is 0 Å². The van der Waals surface area contributed by atoms with Crippen LogP contribution in [0.15, 0.2) is 41.3 Å². The van der Waals surface area contributed by atoms with Gasteiger partial charge in [-0.15, -0.1) is 0 Å². The van der Waals surface area contributed by atoms with E-state index in [1.54, 1.807) is 12.3 Å². The first kappa shape index (κ1) is 9.71. The van der Waals surface area contributed by atoms with Gasteiger partial charge in [0.05, 0.1) is 0 Å². The Labute approximate surface area is 88.6 Å². The highest BCUT2D eigenvalue weighted by atomic mass is 16.1. The molecule has 0 radical (unpaired) electrons. The van der Waals surface area contributed by atoms with Gasteiger partial charge in [0.2, 0.25) is 0 Å². The lowest BCUT2D eigenvalue weighted by Gasteiger charge is -2.07. The summed E-state index contributed by atoms with van der Waals surface area (Å²) in [7, 11) is 0. The highest BCUT2D eigenvalue weighted by Gasteiger charge is 2.03. The third-order valence-electron chi connectivity index (χ3n) is 2.67. The van der Waals surface area contributed by atoms with Gasteiger partial charge < -0.3 is 4.98 Å². The van der Waals surface area contributed by atoms with Crippen LogP contribution < -0.4 is 5.43 Å². The summed E-state index contributed by atoms with van der Waals surface area (Å²) in [4.78, 5) is 14.3. The Hall–Kier alpha value is -1.83. The number of benzene rings is 1. The van der Waals surface area contributed by atoms with Gasteiger partial charge in [0.15, 0.2) is 5.43 Å². The van der Waals surface area contributed by atoms with Crippen LogP contribution in [0.2, 0.25) is 0 Å². The van der Waals surface area contributed by atoms with E-state index in [4.69, 9.17) is 0 Å². The van der Waals surface area contributed by atoms with Crippen molar-refractivity contribution in [2.45, 2.75) is 13.8 Å². The molecule has 0 saturated carbocycles. The molecule has 0 bridgehead atoms. The average Bonchev–Trinajstić information content (AvgIpc) is 2.22. The third kappa shape index (κ3) is 1.84. The maximum absolute atomic E-state index is 11.2. The van der Waals surface area contributed by atoms with Crippen molar-refractivity contribution >= 4 is 0 Å². The second-order valence-corrected chi connectivity index (χ2v) is 3.69. The van der Waals surface area contributed by atoms with Gasteiger partial charge in [0, 0.05) is 29.6 Å². The van der Waals surface area contributed by atoms with Crippen LogP contribution in [0.4, 0.5) is 0 Å². The monoisotopic (exact) mass is 199 g/mol. The summed E-state index contributed by atoms with van der Waals surface area (Å²) in [6.45, 7) is 4.13. The topological polar surface area (TPSA) is 32.9 Å². The molecule has 2 heteroatoms. The maximum Gasteiger partial charge on any atom is 0.182 e. The molecule has 0 atom stereocenters. The van der Waals surface area contributed by atoms with Crippen molar-refractivity contribution in [2.75, 3.05) is 0 Å². The van der Waals surface area contributed by atoms with Crippen molar-refractivity contribution in [1.29, 1.82) is 0 Å². The Morgan fingerprint density at radius 1 is 1.13 bits per heavy atom. The molecule has 1 heterocycles. The smallest absolute Gasteiger partial charge is 0.182 e. The molecule has 0 fully saturated rings. The first-order valence-corrected chi connectivity index (χ1v) is 4.94. The van der Waals surface area contributed by atoms with Crippen molar-refractivity contribution in [1.82, 2.24) is 4.98 Å². The van der Waals surface area contributed by atoms with Crippen molar-refractivity contribution in [3.8, 4) is 11.3 Å². The Balaban J connectivity index is 2.64. The van der Waals surface area contributed by atoms with E-state index in [0.717, 1.165) is 11.3 Å². The van der Waals surface area contributed by atoms with Crippen LogP contribution in [-0.4, -0.2) is 4.98 Å². The van der Waals surface area contributed by atoms with Gasteiger partial charge >= 0.3 is 0 Å². The molecule has 1 N–H and O–H groups in total. The zero-order chi connectivity index (χ0) is 10.8. The first-order valence-electron chi connectivity index (χ1n) is 4.94. The molecule has 0 aliphatic rings. The summed E-state index contributed by atoms with van der Waals surface area (Å²) in [6, 6.07) is 9.24. The van der Waals surface area contributed by atoms with Gasteiger partial charge in [-0.2, -0.15) is 0 Å². The molecule has 1 aromatic heterocycles. The molecule has 15 heavy (non-hydrogen) atoms. The summed E-state index contributed by atoms with van der Waals surface area (Å²) in [6.07, 6.45) is 1.68. The molecule has 1 aromatic carbocycles. The molecule has 0 amide bonds. The van der Waals surface area contributed by atoms with E-state index in [1.807, 2.05) is 12.1 Å². The number of pyridine rings is 1.